The molecule has 1 aliphatic rings. The summed E-state index contributed by atoms with van der Waals surface area (Å²) >= 11 is 6.40. The van der Waals surface area contributed by atoms with Crippen molar-refractivity contribution in [1.82, 2.24) is 0 Å². The van der Waals surface area contributed by atoms with E-state index in [-0.39, 0.29) is 5.38 Å². The Morgan fingerprint density at radius 1 is 1.05 bits per heavy atom. The third-order valence-corrected chi connectivity index (χ3v) is 4.38. The van der Waals surface area contributed by atoms with E-state index in [1.54, 1.807) is 12.1 Å². The van der Waals surface area contributed by atoms with Gasteiger partial charge >= 0.3 is 6.18 Å². The second-order valence-electron chi connectivity index (χ2n) is 5.31. The molecule has 0 aromatic heterocycles. The summed E-state index contributed by atoms with van der Waals surface area (Å²) in [6, 6.07) is 5.36. The Labute approximate surface area is 117 Å². The first-order valence-electron chi connectivity index (χ1n) is 6.77. The van der Waals surface area contributed by atoms with Crippen LogP contribution in [0.3, 0.4) is 0 Å². The van der Waals surface area contributed by atoms with Crippen molar-refractivity contribution in [3.63, 3.8) is 0 Å². The van der Waals surface area contributed by atoms with Crippen molar-refractivity contribution in [2.24, 2.45) is 5.92 Å². The molecule has 2 rings (SSSR count). The number of rotatable bonds is 3. The van der Waals surface area contributed by atoms with Crippen LogP contribution in [0.4, 0.5) is 13.2 Å². The molecule has 1 saturated carbocycles. The normalized spacial score (nSPS) is 19.4. The summed E-state index contributed by atoms with van der Waals surface area (Å²) in [7, 11) is 0. The highest BCUT2D eigenvalue weighted by Crippen LogP contribution is 2.32. The van der Waals surface area contributed by atoms with Crippen LogP contribution in [0.15, 0.2) is 24.3 Å². The SMILES string of the molecule is FC(F)(F)c1ccc(CC(Cl)C2CCCCC2)cc1. The van der Waals surface area contributed by atoms with Crippen LogP contribution in [-0.2, 0) is 12.6 Å². The van der Waals surface area contributed by atoms with Crippen molar-refractivity contribution in [2.75, 3.05) is 0 Å². The lowest BCUT2D eigenvalue weighted by atomic mass is 9.85. The van der Waals surface area contributed by atoms with Crippen LogP contribution >= 0.6 is 11.6 Å². The second-order valence-corrected chi connectivity index (χ2v) is 5.87. The maximum absolute atomic E-state index is 12.4. The molecule has 0 nitrogen and oxygen atoms in total. The molecule has 0 saturated heterocycles. The van der Waals surface area contributed by atoms with Gasteiger partial charge in [-0.15, -0.1) is 11.6 Å². The second kappa shape index (κ2) is 6.17. The highest BCUT2D eigenvalue weighted by atomic mass is 35.5. The number of alkyl halides is 4. The first kappa shape index (κ1) is 14.7. The lowest BCUT2D eigenvalue weighted by molar-refractivity contribution is -0.137. The minimum absolute atomic E-state index is 0.0389. The first-order chi connectivity index (χ1) is 8.97. The Morgan fingerprint density at radius 2 is 1.63 bits per heavy atom. The molecule has 106 valence electrons. The van der Waals surface area contributed by atoms with Gasteiger partial charge in [0.1, 0.15) is 0 Å². The number of benzene rings is 1. The van der Waals surface area contributed by atoms with Crippen molar-refractivity contribution < 1.29 is 13.2 Å². The zero-order valence-corrected chi connectivity index (χ0v) is 11.5. The van der Waals surface area contributed by atoms with Gasteiger partial charge in [-0.3, -0.25) is 0 Å². The lowest BCUT2D eigenvalue weighted by Crippen LogP contribution is -2.20. The van der Waals surface area contributed by atoms with Crippen LogP contribution in [0.5, 0.6) is 0 Å². The fourth-order valence-electron chi connectivity index (χ4n) is 2.72. The predicted octanol–water partition coefficient (Wildman–Crippen LogP) is 5.44. The number of hydrogen-bond donors (Lipinski definition) is 0. The Morgan fingerprint density at radius 3 is 2.16 bits per heavy atom. The molecular weight excluding hydrogens is 273 g/mol. The topological polar surface area (TPSA) is 0 Å². The summed E-state index contributed by atoms with van der Waals surface area (Å²) in [5.41, 5.74) is 0.290. The standard InChI is InChI=1S/C15H18ClF3/c16-14(12-4-2-1-3-5-12)10-11-6-8-13(9-7-11)15(17,18)19/h6-9,12,14H,1-5,10H2. The van der Waals surface area contributed by atoms with E-state index in [9.17, 15) is 13.2 Å². The van der Waals surface area contributed by atoms with Crippen molar-refractivity contribution in [2.45, 2.75) is 50.1 Å². The van der Waals surface area contributed by atoms with Gasteiger partial charge in [0, 0.05) is 5.38 Å². The maximum Gasteiger partial charge on any atom is 0.416 e. The van der Waals surface area contributed by atoms with E-state index in [2.05, 4.69) is 0 Å². The van der Waals surface area contributed by atoms with Gasteiger partial charge in [-0.2, -0.15) is 13.2 Å². The highest BCUT2D eigenvalue weighted by molar-refractivity contribution is 6.20. The summed E-state index contributed by atoms with van der Waals surface area (Å²) in [4.78, 5) is 0. The molecule has 0 radical (unpaired) electrons. The molecule has 19 heavy (non-hydrogen) atoms. The van der Waals surface area contributed by atoms with E-state index >= 15 is 0 Å². The largest absolute Gasteiger partial charge is 0.416 e. The van der Waals surface area contributed by atoms with E-state index < -0.39 is 11.7 Å². The Hall–Kier alpha value is -0.700. The summed E-state index contributed by atoms with van der Waals surface area (Å²) in [6.45, 7) is 0. The molecule has 1 aliphatic carbocycles. The van der Waals surface area contributed by atoms with E-state index in [0.717, 1.165) is 30.5 Å². The zero-order chi connectivity index (χ0) is 13.9. The van der Waals surface area contributed by atoms with E-state index in [4.69, 9.17) is 11.6 Å². The Balaban J connectivity index is 1.95. The molecule has 0 bridgehead atoms. The van der Waals surface area contributed by atoms with Gasteiger partial charge in [0.2, 0.25) is 0 Å². The minimum Gasteiger partial charge on any atom is -0.166 e. The van der Waals surface area contributed by atoms with Crippen LogP contribution in [0.25, 0.3) is 0 Å². The van der Waals surface area contributed by atoms with E-state index in [1.165, 1.54) is 19.3 Å². The van der Waals surface area contributed by atoms with Gasteiger partial charge in [0.05, 0.1) is 5.56 Å². The molecule has 1 aromatic carbocycles. The van der Waals surface area contributed by atoms with Crippen molar-refractivity contribution in [3.8, 4) is 0 Å². The lowest BCUT2D eigenvalue weighted by Gasteiger charge is -2.26. The molecule has 0 amide bonds. The van der Waals surface area contributed by atoms with Crippen LogP contribution in [0.1, 0.15) is 43.2 Å². The first-order valence-corrected chi connectivity index (χ1v) is 7.20. The molecule has 1 atom stereocenters. The van der Waals surface area contributed by atoms with Gasteiger partial charge in [-0.1, -0.05) is 31.4 Å². The molecule has 1 unspecified atom stereocenters. The average molecular weight is 291 g/mol. The number of halogens is 4. The quantitative estimate of drug-likeness (QED) is 0.651. The Kier molecular flexibility index (Phi) is 4.77. The van der Waals surface area contributed by atoms with Crippen molar-refractivity contribution >= 4 is 11.6 Å². The van der Waals surface area contributed by atoms with E-state index in [0.29, 0.717) is 12.3 Å². The molecule has 4 heteroatoms. The third-order valence-electron chi connectivity index (χ3n) is 3.87. The van der Waals surface area contributed by atoms with Crippen LogP contribution in [0.2, 0.25) is 0 Å². The molecule has 0 heterocycles. The fraction of sp³-hybridized carbons (Fsp3) is 0.600. The van der Waals surface area contributed by atoms with Crippen LogP contribution in [-0.4, -0.2) is 5.38 Å². The summed E-state index contributed by atoms with van der Waals surface area (Å²) in [6.07, 6.45) is 2.42. The number of hydrogen-bond acceptors (Lipinski definition) is 0. The smallest absolute Gasteiger partial charge is 0.166 e. The Bertz CT molecular complexity index is 391. The average Bonchev–Trinajstić information content (AvgIpc) is 2.39. The van der Waals surface area contributed by atoms with Crippen molar-refractivity contribution in [3.05, 3.63) is 35.4 Å². The summed E-state index contributed by atoms with van der Waals surface area (Å²) in [5.74, 6) is 0.512. The highest BCUT2D eigenvalue weighted by Gasteiger charge is 2.30. The molecule has 1 fully saturated rings. The monoisotopic (exact) mass is 290 g/mol. The third kappa shape index (κ3) is 4.13. The predicted molar refractivity (Wildman–Crippen MR) is 71.4 cm³/mol. The van der Waals surface area contributed by atoms with Crippen LogP contribution in [0, 0.1) is 5.92 Å². The van der Waals surface area contributed by atoms with Gasteiger partial charge in [-0.25, -0.2) is 0 Å². The van der Waals surface area contributed by atoms with Crippen molar-refractivity contribution in [1.29, 1.82) is 0 Å². The maximum atomic E-state index is 12.4. The van der Waals surface area contributed by atoms with Gasteiger partial charge in [0.15, 0.2) is 0 Å². The molecule has 0 N–H and O–H groups in total. The van der Waals surface area contributed by atoms with Gasteiger partial charge < -0.3 is 0 Å². The molecular formula is C15H18ClF3. The zero-order valence-electron chi connectivity index (χ0n) is 10.7. The summed E-state index contributed by atoms with van der Waals surface area (Å²) in [5, 5.41) is 0.0389. The molecule has 0 aliphatic heterocycles. The minimum atomic E-state index is -4.26. The van der Waals surface area contributed by atoms with E-state index in [1.807, 2.05) is 0 Å². The fourth-order valence-corrected chi connectivity index (χ4v) is 3.15. The van der Waals surface area contributed by atoms with Gasteiger partial charge in [-0.05, 0) is 42.9 Å². The van der Waals surface area contributed by atoms with Gasteiger partial charge in [0.25, 0.3) is 0 Å². The molecule has 0 spiro atoms. The molecule has 1 aromatic rings. The van der Waals surface area contributed by atoms with Crippen LogP contribution < -0.4 is 0 Å². The summed E-state index contributed by atoms with van der Waals surface area (Å²) < 4.78 is 37.3.